The predicted octanol–water partition coefficient (Wildman–Crippen LogP) is 4.56. The number of nitrogens with zero attached hydrogens (tertiary/aromatic N) is 2. The second-order valence-corrected chi connectivity index (χ2v) is 7.26. The Morgan fingerprint density at radius 2 is 2.20 bits per heavy atom. The van der Waals surface area contributed by atoms with E-state index in [2.05, 4.69) is 28.8 Å². The Kier molecular flexibility index (Phi) is 7.24. The summed E-state index contributed by atoms with van der Waals surface area (Å²) in [5.41, 5.74) is 0.945. The van der Waals surface area contributed by atoms with Crippen LogP contribution in [0.2, 0.25) is 5.28 Å². The van der Waals surface area contributed by atoms with Crippen LogP contribution in [0.5, 0.6) is 0 Å². The highest BCUT2D eigenvalue weighted by Crippen LogP contribution is 2.41. The summed E-state index contributed by atoms with van der Waals surface area (Å²) in [4.78, 5) is 20.6. The maximum Gasteiger partial charge on any atom is 0.307 e. The molecular weight excluding hydrogens is 338 g/mol. The Bertz CT molecular complexity index is 600. The molecule has 1 aromatic heterocycles. The van der Waals surface area contributed by atoms with Gasteiger partial charge in [0.2, 0.25) is 5.28 Å². The molecule has 1 fully saturated rings. The Morgan fingerprint density at radius 3 is 2.84 bits per heavy atom. The number of halogens is 1. The molecule has 2 rings (SSSR count). The normalized spacial score (nSPS) is 17.6. The summed E-state index contributed by atoms with van der Waals surface area (Å²) in [6.07, 6.45) is 10.3. The van der Waals surface area contributed by atoms with E-state index in [1.165, 1.54) is 19.3 Å². The minimum Gasteiger partial charge on any atom is -0.466 e. The van der Waals surface area contributed by atoms with E-state index in [0.717, 1.165) is 18.4 Å². The van der Waals surface area contributed by atoms with Crippen molar-refractivity contribution in [3.8, 4) is 0 Å². The van der Waals surface area contributed by atoms with Gasteiger partial charge in [-0.25, -0.2) is 9.97 Å². The van der Waals surface area contributed by atoms with Crippen LogP contribution in [0, 0.1) is 5.41 Å². The second-order valence-electron chi connectivity index (χ2n) is 6.93. The van der Waals surface area contributed by atoms with Gasteiger partial charge < -0.3 is 10.1 Å². The highest BCUT2D eigenvalue weighted by atomic mass is 35.5. The third-order valence-corrected chi connectivity index (χ3v) is 5.21. The lowest BCUT2D eigenvalue weighted by Gasteiger charge is -2.41. The molecule has 1 atom stereocenters. The van der Waals surface area contributed by atoms with E-state index in [1.807, 2.05) is 6.92 Å². The average molecular weight is 366 g/mol. The lowest BCUT2D eigenvalue weighted by Crippen LogP contribution is -2.42. The van der Waals surface area contributed by atoms with Gasteiger partial charge in [-0.3, -0.25) is 4.79 Å². The highest BCUT2D eigenvalue weighted by molar-refractivity contribution is 6.28. The summed E-state index contributed by atoms with van der Waals surface area (Å²) in [6, 6.07) is -0.0543. The highest BCUT2D eigenvalue weighted by Gasteiger charge is 2.37. The fourth-order valence-corrected chi connectivity index (χ4v) is 3.68. The van der Waals surface area contributed by atoms with Crippen molar-refractivity contribution in [1.29, 1.82) is 0 Å². The summed E-state index contributed by atoms with van der Waals surface area (Å²) < 4.78 is 5.19. The Hall–Kier alpha value is -1.62. The predicted molar refractivity (Wildman–Crippen MR) is 101 cm³/mol. The molecule has 0 saturated heterocycles. The number of carbonyl (C=O) groups is 1. The number of carbonyl (C=O) groups excluding carboxylic acids is 1. The van der Waals surface area contributed by atoms with Crippen LogP contribution in [-0.4, -0.2) is 28.6 Å². The quantitative estimate of drug-likeness (QED) is 0.415. The van der Waals surface area contributed by atoms with Crippen molar-refractivity contribution in [3.05, 3.63) is 29.7 Å². The van der Waals surface area contributed by atoms with Gasteiger partial charge in [-0.2, -0.15) is 0 Å². The molecule has 0 amide bonds. The number of rotatable bonds is 8. The summed E-state index contributed by atoms with van der Waals surface area (Å²) in [6.45, 7) is 8.25. The van der Waals surface area contributed by atoms with E-state index < -0.39 is 0 Å². The molecule has 1 saturated carbocycles. The van der Waals surface area contributed by atoms with Crippen LogP contribution < -0.4 is 5.32 Å². The maximum atomic E-state index is 12.2. The van der Waals surface area contributed by atoms with Crippen molar-refractivity contribution in [2.75, 3.05) is 11.9 Å². The molecule has 25 heavy (non-hydrogen) atoms. The van der Waals surface area contributed by atoms with Crippen molar-refractivity contribution < 1.29 is 9.53 Å². The van der Waals surface area contributed by atoms with Gasteiger partial charge in [0.25, 0.3) is 0 Å². The molecule has 0 spiro atoms. The lowest BCUT2D eigenvalue weighted by atomic mass is 9.69. The number of aromatic nitrogens is 2. The first-order chi connectivity index (χ1) is 12.0. The van der Waals surface area contributed by atoms with Crippen LogP contribution in [0.3, 0.4) is 0 Å². The van der Waals surface area contributed by atoms with Crippen LogP contribution in [0.1, 0.15) is 57.9 Å². The Balaban J connectivity index is 2.27. The first-order valence-corrected chi connectivity index (χ1v) is 9.40. The number of allylic oxidation sites excluding steroid dienone is 1. The molecule has 1 aromatic rings. The van der Waals surface area contributed by atoms with E-state index in [4.69, 9.17) is 16.3 Å². The molecule has 1 unspecified atom stereocenters. The minimum absolute atomic E-state index is 0.0217. The minimum atomic E-state index is -0.183. The third kappa shape index (κ3) is 5.43. The first kappa shape index (κ1) is 19.7. The number of ether oxygens (including phenoxy) is 1. The molecule has 1 heterocycles. The number of nitrogens with one attached hydrogen (secondary N) is 1. The van der Waals surface area contributed by atoms with E-state index in [9.17, 15) is 4.79 Å². The molecule has 1 aliphatic carbocycles. The smallest absolute Gasteiger partial charge is 0.307 e. The second kappa shape index (κ2) is 9.18. The van der Waals surface area contributed by atoms with E-state index in [0.29, 0.717) is 25.3 Å². The standard InChI is InChI=1S/C19H28ClN3O2/c1-4-9-14-13-21-18(20)23-17(14)22-15(12-16(24)25-5-2)19(3)10-7-6-8-11-19/h4,13,15H,1,5-12H2,2-3H3,(H,21,22,23). The average Bonchev–Trinajstić information content (AvgIpc) is 2.58. The van der Waals surface area contributed by atoms with E-state index >= 15 is 0 Å². The molecule has 138 valence electrons. The number of anilines is 1. The van der Waals surface area contributed by atoms with Crippen LogP contribution in [0.4, 0.5) is 5.82 Å². The zero-order chi connectivity index (χ0) is 18.3. The molecule has 6 heteroatoms. The molecule has 0 aromatic carbocycles. The van der Waals surface area contributed by atoms with Gasteiger partial charge in [0, 0.05) is 17.8 Å². The first-order valence-electron chi connectivity index (χ1n) is 9.03. The summed E-state index contributed by atoms with van der Waals surface area (Å²) in [5, 5.41) is 3.68. The zero-order valence-corrected chi connectivity index (χ0v) is 15.9. The van der Waals surface area contributed by atoms with Crippen molar-refractivity contribution in [2.24, 2.45) is 5.41 Å². The van der Waals surface area contributed by atoms with Gasteiger partial charge in [-0.15, -0.1) is 6.58 Å². The van der Waals surface area contributed by atoms with Gasteiger partial charge in [0.1, 0.15) is 5.82 Å². The molecular formula is C19H28ClN3O2. The third-order valence-electron chi connectivity index (χ3n) is 5.02. The summed E-state index contributed by atoms with van der Waals surface area (Å²) >= 11 is 6.00. The van der Waals surface area contributed by atoms with E-state index in [-0.39, 0.29) is 22.7 Å². The molecule has 1 aliphatic rings. The summed E-state index contributed by atoms with van der Waals surface area (Å²) in [7, 11) is 0. The van der Waals surface area contributed by atoms with Gasteiger partial charge in [0.05, 0.1) is 13.0 Å². The fraction of sp³-hybridized carbons (Fsp3) is 0.632. The van der Waals surface area contributed by atoms with Crippen LogP contribution in [0.15, 0.2) is 18.9 Å². The van der Waals surface area contributed by atoms with E-state index in [1.54, 1.807) is 12.3 Å². The van der Waals surface area contributed by atoms with Crippen LogP contribution in [-0.2, 0) is 16.0 Å². The van der Waals surface area contributed by atoms with Gasteiger partial charge in [-0.05, 0) is 43.2 Å². The van der Waals surface area contributed by atoms with Gasteiger partial charge in [-0.1, -0.05) is 32.3 Å². The SMILES string of the molecule is C=CCc1cnc(Cl)nc1NC(CC(=O)OCC)C1(C)CCCCC1. The molecule has 5 nitrogen and oxygen atoms in total. The molecule has 0 bridgehead atoms. The van der Waals surface area contributed by atoms with Gasteiger partial charge >= 0.3 is 5.97 Å². The van der Waals surface area contributed by atoms with Crippen molar-refractivity contribution in [2.45, 2.75) is 64.8 Å². The zero-order valence-electron chi connectivity index (χ0n) is 15.2. The monoisotopic (exact) mass is 365 g/mol. The summed E-state index contributed by atoms with van der Waals surface area (Å²) in [5.74, 6) is 0.498. The van der Waals surface area contributed by atoms with Crippen LogP contribution in [0.25, 0.3) is 0 Å². The van der Waals surface area contributed by atoms with Crippen molar-refractivity contribution >= 4 is 23.4 Å². The Morgan fingerprint density at radius 1 is 1.48 bits per heavy atom. The number of esters is 1. The van der Waals surface area contributed by atoms with Gasteiger partial charge in [0.15, 0.2) is 0 Å². The topological polar surface area (TPSA) is 64.1 Å². The van der Waals surface area contributed by atoms with Crippen molar-refractivity contribution in [1.82, 2.24) is 9.97 Å². The van der Waals surface area contributed by atoms with Crippen LogP contribution >= 0.6 is 11.6 Å². The lowest BCUT2D eigenvalue weighted by molar-refractivity contribution is -0.144. The molecule has 0 aliphatic heterocycles. The number of hydrogen-bond acceptors (Lipinski definition) is 5. The maximum absolute atomic E-state index is 12.2. The Labute approximate surface area is 155 Å². The van der Waals surface area contributed by atoms with Crippen molar-refractivity contribution in [3.63, 3.8) is 0 Å². The molecule has 1 N–H and O–H groups in total. The molecule has 0 radical (unpaired) electrons. The fourth-order valence-electron chi connectivity index (χ4n) is 3.55. The largest absolute Gasteiger partial charge is 0.466 e. The number of hydrogen-bond donors (Lipinski definition) is 1.